The van der Waals surface area contributed by atoms with E-state index in [0.717, 1.165) is 35.6 Å². The molecular formula is C23H23Cl2N3O3S2. The zero-order valence-electron chi connectivity index (χ0n) is 18.1. The van der Waals surface area contributed by atoms with Crippen LogP contribution in [0.2, 0.25) is 10.0 Å². The number of carbonyl (C=O) groups excluding carboxylic acids is 1. The number of nitrogens with one attached hydrogen (secondary N) is 2. The molecule has 1 saturated heterocycles. The highest BCUT2D eigenvalue weighted by Crippen LogP contribution is 2.38. The van der Waals surface area contributed by atoms with Crippen LogP contribution >= 0.6 is 34.5 Å². The van der Waals surface area contributed by atoms with Crippen LogP contribution in [0.25, 0.3) is 0 Å². The molecule has 1 aliphatic rings. The van der Waals surface area contributed by atoms with Crippen molar-refractivity contribution in [1.82, 2.24) is 0 Å². The summed E-state index contributed by atoms with van der Waals surface area (Å²) in [6, 6.07) is 10.3. The highest BCUT2D eigenvalue weighted by atomic mass is 35.5. The zero-order valence-corrected chi connectivity index (χ0v) is 21.3. The van der Waals surface area contributed by atoms with Crippen LogP contribution in [0.1, 0.15) is 20.8 Å². The lowest BCUT2D eigenvalue weighted by Gasteiger charge is -2.32. The molecule has 1 unspecified atom stereocenters. The van der Waals surface area contributed by atoms with Gasteiger partial charge in [-0.05, 0) is 66.8 Å². The van der Waals surface area contributed by atoms with Gasteiger partial charge in [0, 0.05) is 23.8 Å². The first kappa shape index (κ1) is 24.0. The van der Waals surface area contributed by atoms with E-state index in [0.29, 0.717) is 38.7 Å². The van der Waals surface area contributed by atoms with Gasteiger partial charge in [0.15, 0.2) is 0 Å². The maximum absolute atomic E-state index is 13.2. The molecule has 4 rings (SSSR count). The van der Waals surface area contributed by atoms with Crippen LogP contribution in [0.3, 0.4) is 0 Å². The maximum atomic E-state index is 13.2. The second kappa shape index (κ2) is 10.4. The van der Waals surface area contributed by atoms with Gasteiger partial charge in [-0.2, -0.15) is 0 Å². The summed E-state index contributed by atoms with van der Waals surface area (Å²) < 4.78 is 21.1. The van der Waals surface area contributed by atoms with E-state index in [4.69, 9.17) is 27.9 Å². The zero-order chi connectivity index (χ0) is 23.5. The predicted molar refractivity (Wildman–Crippen MR) is 138 cm³/mol. The number of amides is 1. The molecule has 1 amide bonds. The van der Waals surface area contributed by atoms with E-state index in [2.05, 4.69) is 14.9 Å². The van der Waals surface area contributed by atoms with Gasteiger partial charge in [-0.15, -0.1) is 11.3 Å². The first-order valence-electron chi connectivity index (χ1n) is 10.3. The topological polar surface area (TPSA) is 70.7 Å². The van der Waals surface area contributed by atoms with Crippen molar-refractivity contribution in [2.45, 2.75) is 18.7 Å². The van der Waals surface area contributed by atoms with Crippen molar-refractivity contribution in [2.24, 2.45) is 0 Å². The van der Waals surface area contributed by atoms with Gasteiger partial charge >= 0.3 is 0 Å². The van der Waals surface area contributed by atoms with Crippen molar-refractivity contribution in [3.63, 3.8) is 0 Å². The third-order valence-electron chi connectivity index (χ3n) is 5.36. The van der Waals surface area contributed by atoms with Crippen LogP contribution in [0.4, 0.5) is 17.1 Å². The molecule has 0 bridgehead atoms. The van der Waals surface area contributed by atoms with Gasteiger partial charge in [0.2, 0.25) is 0 Å². The van der Waals surface area contributed by atoms with E-state index in [1.807, 2.05) is 19.9 Å². The number of halogens is 2. The second-order valence-electron chi connectivity index (χ2n) is 7.57. The maximum Gasteiger partial charge on any atom is 0.267 e. The molecule has 0 radical (unpaired) electrons. The Kier molecular flexibility index (Phi) is 7.61. The van der Waals surface area contributed by atoms with E-state index < -0.39 is 11.0 Å². The third-order valence-corrected chi connectivity index (χ3v) is 7.92. The molecule has 2 heterocycles. The summed E-state index contributed by atoms with van der Waals surface area (Å²) in [5.41, 5.74) is 3.92. The van der Waals surface area contributed by atoms with Gasteiger partial charge in [-0.1, -0.05) is 23.2 Å². The van der Waals surface area contributed by atoms with E-state index in [-0.39, 0.29) is 5.91 Å². The monoisotopic (exact) mass is 523 g/mol. The van der Waals surface area contributed by atoms with Crippen LogP contribution < -0.4 is 14.9 Å². The molecule has 1 aromatic heterocycles. The molecule has 1 aliphatic heterocycles. The number of nitrogens with zero attached hydrogens (tertiary/aromatic N) is 1. The van der Waals surface area contributed by atoms with Crippen LogP contribution in [-0.4, -0.2) is 36.4 Å². The Balaban J connectivity index is 1.56. The number of benzene rings is 2. The van der Waals surface area contributed by atoms with Crippen molar-refractivity contribution in [1.29, 1.82) is 0 Å². The normalized spacial score (nSPS) is 14.7. The number of thiophene rings is 1. The van der Waals surface area contributed by atoms with Crippen molar-refractivity contribution >= 4 is 68.5 Å². The van der Waals surface area contributed by atoms with Gasteiger partial charge < -0.3 is 15.0 Å². The molecule has 1 atom stereocenters. The van der Waals surface area contributed by atoms with Gasteiger partial charge in [0.05, 0.1) is 34.5 Å². The summed E-state index contributed by atoms with van der Waals surface area (Å²) in [5, 5.41) is 6.06. The van der Waals surface area contributed by atoms with E-state index >= 15 is 0 Å². The Morgan fingerprint density at radius 2 is 1.82 bits per heavy atom. The summed E-state index contributed by atoms with van der Waals surface area (Å²) in [5.74, 6) is -0.276. The quantitative estimate of drug-likeness (QED) is 0.422. The van der Waals surface area contributed by atoms with Gasteiger partial charge in [0.1, 0.15) is 15.9 Å². The minimum atomic E-state index is -1.53. The predicted octanol–water partition coefficient (Wildman–Crippen LogP) is 5.90. The lowest BCUT2D eigenvalue weighted by Crippen LogP contribution is -2.37. The molecule has 0 spiro atoms. The lowest BCUT2D eigenvalue weighted by molar-refractivity contribution is 0.103. The number of carbonyl (C=O) groups is 1. The Hall–Kier alpha value is -2.10. The van der Waals surface area contributed by atoms with Crippen molar-refractivity contribution < 1.29 is 13.7 Å². The number of ether oxygens (including phenoxy) is 1. The summed E-state index contributed by atoms with van der Waals surface area (Å²) in [4.78, 5) is 16.4. The Bertz CT molecular complexity index is 1190. The minimum absolute atomic E-state index is 0.276. The van der Waals surface area contributed by atoms with Gasteiger partial charge in [-0.25, -0.2) is 4.21 Å². The van der Waals surface area contributed by atoms with Gasteiger partial charge in [-0.3, -0.25) is 9.52 Å². The van der Waals surface area contributed by atoms with E-state index in [1.54, 1.807) is 35.7 Å². The molecule has 0 aliphatic carbocycles. The lowest BCUT2D eigenvalue weighted by atomic mass is 10.0. The minimum Gasteiger partial charge on any atom is -0.378 e. The molecular weight excluding hydrogens is 501 g/mol. The molecule has 0 saturated carbocycles. The Labute approximate surface area is 209 Å². The number of rotatable bonds is 6. The summed E-state index contributed by atoms with van der Waals surface area (Å²) >= 11 is 13.8. The van der Waals surface area contributed by atoms with Crippen molar-refractivity contribution in [3.05, 3.63) is 67.8 Å². The van der Waals surface area contributed by atoms with Crippen LogP contribution in [-0.2, 0) is 15.7 Å². The fourth-order valence-corrected chi connectivity index (χ4v) is 5.97. The van der Waals surface area contributed by atoms with E-state index in [9.17, 15) is 9.00 Å². The molecule has 2 N–H and O–H groups in total. The van der Waals surface area contributed by atoms with E-state index in [1.165, 1.54) is 11.3 Å². The summed E-state index contributed by atoms with van der Waals surface area (Å²) in [7, 11) is -1.53. The third kappa shape index (κ3) is 5.36. The van der Waals surface area contributed by atoms with Crippen molar-refractivity contribution in [3.8, 4) is 0 Å². The number of anilines is 3. The molecule has 2 aromatic carbocycles. The molecule has 1 fully saturated rings. The number of hydrogen-bond donors (Lipinski definition) is 2. The molecule has 10 heteroatoms. The summed E-state index contributed by atoms with van der Waals surface area (Å²) in [6.45, 7) is 6.64. The number of morpholine rings is 1. The highest BCUT2D eigenvalue weighted by Gasteiger charge is 2.22. The largest absolute Gasteiger partial charge is 0.378 e. The first-order chi connectivity index (χ1) is 15.8. The SMILES string of the molecule is Cc1cc(Cl)c(N2CCOCC2)c(C)c1NC(=O)c1sccc1NS(=O)c1ccc(Cl)cc1. The first-order valence-corrected chi connectivity index (χ1v) is 13.1. The summed E-state index contributed by atoms with van der Waals surface area (Å²) in [6.07, 6.45) is 0. The molecule has 174 valence electrons. The number of aryl methyl sites for hydroxylation is 1. The van der Waals surface area contributed by atoms with Crippen LogP contribution in [0.15, 0.2) is 46.7 Å². The standard InChI is InChI=1S/C23H23Cl2N3O3S2/c1-14-13-18(25)21(28-8-10-31-11-9-28)15(2)20(14)26-23(29)22-19(7-12-32-22)27-33(30)17-5-3-16(24)4-6-17/h3-7,12-13,27H,8-11H2,1-2H3,(H,26,29). The average Bonchev–Trinajstić information content (AvgIpc) is 3.25. The highest BCUT2D eigenvalue weighted by molar-refractivity contribution is 7.86. The molecule has 3 aromatic rings. The second-order valence-corrected chi connectivity index (χ2v) is 10.5. The van der Waals surface area contributed by atoms with Crippen LogP contribution in [0, 0.1) is 13.8 Å². The van der Waals surface area contributed by atoms with Gasteiger partial charge in [0.25, 0.3) is 5.91 Å². The molecule has 33 heavy (non-hydrogen) atoms. The molecule has 6 nitrogen and oxygen atoms in total. The average molecular weight is 524 g/mol. The van der Waals surface area contributed by atoms with Crippen LogP contribution in [0.5, 0.6) is 0 Å². The van der Waals surface area contributed by atoms with Crippen molar-refractivity contribution in [2.75, 3.05) is 41.2 Å². The fourth-order valence-electron chi connectivity index (χ4n) is 3.74. The Morgan fingerprint density at radius 1 is 1.12 bits per heavy atom. The smallest absolute Gasteiger partial charge is 0.267 e. The Morgan fingerprint density at radius 3 is 2.52 bits per heavy atom. The number of hydrogen-bond acceptors (Lipinski definition) is 5. The fraction of sp³-hybridized carbons (Fsp3) is 0.261.